The lowest BCUT2D eigenvalue weighted by Crippen LogP contribution is -2.37. The Morgan fingerprint density at radius 3 is 3.16 bits per heavy atom. The lowest BCUT2D eigenvalue weighted by molar-refractivity contribution is 0.143. The number of hydrogen-bond acceptors (Lipinski definition) is 5. The van der Waals surface area contributed by atoms with Crippen LogP contribution in [0.5, 0.6) is 0 Å². The Morgan fingerprint density at radius 1 is 1.47 bits per heavy atom. The molecule has 0 bridgehead atoms. The van der Waals surface area contributed by atoms with Crippen LogP contribution in [0, 0.1) is 5.92 Å². The highest BCUT2D eigenvalue weighted by molar-refractivity contribution is 7.15. The Hall–Kier alpha value is -0.650. The molecule has 1 aliphatic carbocycles. The molecule has 19 heavy (non-hydrogen) atoms. The third kappa shape index (κ3) is 3.68. The molecule has 1 aromatic heterocycles. The third-order valence-corrected chi connectivity index (χ3v) is 4.93. The van der Waals surface area contributed by atoms with E-state index in [2.05, 4.69) is 15.2 Å². The van der Waals surface area contributed by atoms with Crippen LogP contribution in [0.2, 0.25) is 0 Å². The molecule has 1 saturated carbocycles. The lowest BCUT2D eigenvalue weighted by atomic mass is 9.99. The molecular weight excluding hydrogens is 258 g/mol. The fraction of sp³-hybridized carbons (Fsp3) is 0.786. The van der Waals surface area contributed by atoms with E-state index >= 15 is 0 Å². The van der Waals surface area contributed by atoms with Crippen molar-refractivity contribution in [3.05, 3.63) is 11.1 Å². The van der Waals surface area contributed by atoms with Crippen LogP contribution in [-0.4, -0.2) is 37.8 Å². The van der Waals surface area contributed by atoms with Gasteiger partial charge >= 0.3 is 0 Å². The molecule has 4 nitrogen and oxygen atoms in total. The van der Waals surface area contributed by atoms with E-state index in [1.54, 1.807) is 7.11 Å². The van der Waals surface area contributed by atoms with Crippen molar-refractivity contribution >= 4 is 16.5 Å². The summed E-state index contributed by atoms with van der Waals surface area (Å²) in [5, 5.41) is 4.74. The molecule has 1 unspecified atom stereocenters. The summed E-state index contributed by atoms with van der Waals surface area (Å²) in [5.74, 6) is 0.663. The number of ether oxygens (including phenoxy) is 1. The first-order valence-corrected chi connectivity index (χ1v) is 8.09. The molecule has 1 N–H and O–H groups in total. The Labute approximate surface area is 119 Å². The van der Waals surface area contributed by atoms with E-state index < -0.39 is 0 Å². The predicted octanol–water partition coefficient (Wildman–Crippen LogP) is 2.26. The van der Waals surface area contributed by atoms with Crippen molar-refractivity contribution in [3.63, 3.8) is 0 Å². The van der Waals surface area contributed by atoms with Gasteiger partial charge in [0.1, 0.15) is 0 Å². The Bertz CT molecular complexity index is 403. The quantitative estimate of drug-likeness (QED) is 0.868. The van der Waals surface area contributed by atoms with Gasteiger partial charge < -0.3 is 15.0 Å². The largest absolute Gasteiger partial charge is 0.384 e. The first kappa shape index (κ1) is 13.3. The molecule has 2 fully saturated rings. The lowest BCUT2D eigenvalue weighted by Gasteiger charge is -2.32. The Kier molecular flexibility index (Phi) is 4.35. The molecule has 106 valence electrons. The van der Waals surface area contributed by atoms with E-state index in [1.165, 1.54) is 35.7 Å². The molecule has 3 rings (SSSR count). The van der Waals surface area contributed by atoms with E-state index in [1.807, 2.05) is 17.5 Å². The number of methoxy groups -OCH3 is 1. The van der Waals surface area contributed by atoms with Crippen LogP contribution >= 0.6 is 11.3 Å². The third-order valence-electron chi connectivity index (χ3n) is 3.88. The van der Waals surface area contributed by atoms with Gasteiger partial charge in [-0.1, -0.05) is 0 Å². The summed E-state index contributed by atoms with van der Waals surface area (Å²) in [7, 11) is 1.80. The molecule has 0 radical (unpaired) electrons. The Morgan fingerprint density at radius 2 is 2.37 bits per heavy atom. The van der Waals surface area contributed by atoms with Crippen molar-refractivity contribution in [3.8, 4) is 0 Å². The highest BCUT2D eigenvalue weighted by atomic mass is 32.1. The molecule has 1 aliphatic heterocycles. The summed E-state index contributed by atoms with van der Waals surface area (Å²) in [6, 6.07) is 0.770. The Balaban J connectivity index is 1.54. The maximum absolute atomic E-state index is 5.29. The topological polar surface area (TPSA) is 37.4 Å². The summed E-state index contributed by atoms with van der Waals surface area (Å²) < 4.78 is 5.29. The van der Waals surface area contributed by atoms with Crippen LogP contribution in [0.1, 0.15) is 30.6 Å². The first-order valence-electron chi connectivity index (χ1n) is 7.27. The van der Waals surface area contributed by atoms with Gasteiger partial charge in [-0.3, -0.25) is 0 Å². The van der Waals surface area contributed by atoms with Crippen molar-refractivity contribution in [2.75, 3.05) is 31.7 Å². The van der Waals surface area contributed by atoms with Gasteiger partial charge in [-0.25, -0.2) is 4.98 Å². The minimum Gasteiger partial charge on any atom is -0.384 e. The molecule has 0 amide bonds. The van der Waals surface area contributed by atoms with Crippen molar-refractivity contribution in [2.45, 2.75) is 38.3 Å². The van der Waals surface area contributed by atoms with Gasteiger partial charge in [0.2, 0.25) is 0 Å². The van der Waals surface area contributed by atoms with Crippen LogP contribution in [-0.2, 0) is 11.3 Å². The number of nitrogens with zero attached hydrogens (tertiary/aromatic N) is 2. The highest BCUT2D eigenvalue weighted by Crippen LogP contribution is 2.28. The van der Waals surface area contributed by atoms with Crippen molar-refractivity contribution in [2.24, 2.45) is 5.92 Å². The number of rotatable bonds is 6. The number of aromatic nitrogens is 1. The van der Waals surface area contributed by atoms with Gasteiger partial charge in [0.25, 0.3) is 0 Å². The highest BCUT2D eigenvalue weighted by Gasteiger charge is 2.23. The fourth-order valence-electron chi connectivity index (χ4n) is 2.67. The predicted molar refractivity (Wildman–Crippen MR) is 78.8 cm³/mol. The van der Waals surface area contributed by atoms with E-state index in [0.29, 0.717) is 5.92 Å². The van der Waals surface area contributed by atoms with Crippen molar-refractivity contribution < 1.29 is 4.74 Å². The van der Waals surface area contributed by atoms with Crippen LogP contribution in [0.3, 0.4) is 0 Å². The van der Waals surface area contributed by atoms with Gasteiger partial charge in [-0.05, 0) is 31.6 Å². The summed E-state index contributed by atoms with van der Waals surface area (Å²) in [6.07, 6.45) is 7.26. The molecule has 1 atom stereocenters. The second-order valence-corrected chi connectivity index (χ2v) is 6.77. The van der Waals surface area contributed by atoms with E-state index in [-0.39, 0.29) is 0 Å². The van der Waals surface area contributed by atoms with Gasteiger partial charge in [0.15, 0.2) is 5.13 Å². The van der Waals surface area contributed by atoms with E-state index in [0.717, 1.165) is 32.3 Å². The van der Waals surface area contributed by atoms with Crippen molar-refractivity contribution in [1.29, 1.82) is 0 Å². The minimum absolute atomic E-state index is 0.663. The van der Waals surface area contributed by atoms with Crippen molar-refractivity contribution in [1.82, 2.24) is 10.3 Å². The first-order chi connectivity index (χ1) is 9.35. The zero-order valence-corrected chi connectivity index (χ0v) is 12.4. The number of anilines is 1. The maximum Gasteiger partial charge on any atom is 0.185 e. The van der Waals surface area contributed by atoms with Crippen LogP contribution < -0.4 is 10.2 Å². The monoisotopic (exact) mass is 281 g/mol. The molecular formula is C14H23N3OS. The molecule has 1 aromatic rings. The number of piperidine rings is 1. The summed E-state index contributed by atoms with van der Waals surface area (Å²) in [4.78, 5) is 8.38. The maximum atomic E-state index is 5.29. The fourth-order valence-corrected chi connectivity index (χ4v) is 3.56. The van der Waals surface area contributed by atoms with Gasteiger partial charge in [0, 0.05) is 43.9 Å². The minimum atomic E-state index is 0.663. The molecule has 2 heterocycles. The zero-order chi connectivity index (χ0) is 13.1. The van der Waals surface area contributed by atoms with Crippen LogP contribution in [0.4, 0.5) is 5.13 Å². The van der Waals surface area contributed by atoms with Gasteiger partial charge in [-0.2, -0.15) is 0 Å². The molecule has 1 saturated heterocycles. The number of thiazole rings is 1. The smallest absolute Gasteiger partial charge is 0.185 e. The zero-order valence-electron chi connectivity index (χ0n) is 11.6. The average molecular weight is 281 g/mol. The molecule has 5 heteroatoms. The van der Waals surface area contributed by atoms with E-state index in [9.17, 15) is 0 Å². The summed E-state index contributed by atoms with van der Waals surface area (Å²) >= 11 is 1.84. The summed E-state index contributed by atoms with van der Waals surface area (Å²) in [6.45, 7) is 4.09. The average Bonchev–Trinajstić information content (AvgIpc) is 3.14. The van der Waals surface area contributed by atoms with Crippen LogP contribution in [0.25, 0.3) is 0 Å². The van der Waals surface area contributed by atoms with Crippen LogP contribution in [0.15, 0.2) is 6.20 Å². The molecule has 0 spiro atoms. The molecule has 0 aromatic carbocycles. The van der Waals surface area contributed by atoms with Gasteiger partial charge in [0.05, 0.1) is 6.61 Å². The number of nitrogens with one attached hydrogen (secondary N) is 1. The second-order valence-electron chi connectivity index (χ2n) is 5.67. The SMILES string of the molecule is COCC1CCCN(c2ncc(CNC3CC3)s2)C1. The standard InChI is InChI=1S/C14H23N3OS/c1-18-10-11-3-2-6-17(9-11)14-16-8-13(19-14)7-15-12-4-5-12/h8,11-12,15H,2-7,9-10H2,1H3. The normalized spacial score (nSPS) is 23.8. The van der Waals surface area contributed by atoms with Gasteiger partial charge in [-0.15, -0.1) is 11.3 Å². The number of hydrogen-bond donors (Lipinski definition) is 1. The van der Waals surface area contributed by atoms with E-state index in [4.69, 9.17) is 4.74 Å². The summed E-state index contributed by atoms with van der Waals surface area (Å²) in [5.41, 5.74) is 0. The molecule has 2 aliphatic rings. The second kappa shape index (κ2) is 6.20.